The first-order valence-electron chi connectivity index (χ1n) is 5.67. The molecule has 0 amide bonds. The second-order valence-corrected chi connectivity index (χ2v) is 8.21. The minimum atomic E-state index is -3.17. The Bertz CT molecular complexity index is 679. The number of hydrogen-bond acceptors (Lipinski definition) is 4. The smallest absolute Gasteiger partial charge is 0.175 e. The zero-order valence-corrected chi connectivity index (χ0v) is 13.8. The van der Waals surface area contributed by atoms with Crippen molar-refractivity contribution in [2.45, 2.75) is 17.9 Å². The van der Waals surface area contributed by atoms with Crippen LogP contribution in [0.2, 0.25) is 0 Å². The summed E-state index contributed by atoms with van der Waals surface area (Å²) in [5.74, 6) is 0. The summed E-state index contributed by atoms with van der Waals surface area (Å²) in [6.45, 7) is 2.05. The predicted molar refractivity (Wildman–Crippen MR) is 83.6 cm³/mol. The summed E-state index contributed by atoms with van der Waals surface area (Å²) in [5.41, 5.74) is 0.806. The molecule has 19 heavy (non-hydrogen) atoms. The fourth-order valence-corrected chi connectivity index (χ4v) is 3.81. The highest BCUT2D eigenvalue weighted by molar-refractivity contribution is 9.10. The fraction of sp³-hybridized carbons (Fsp3) is 0.231. The zero-order chi connectivity index (χ0) is 14.0. The van der Waals surface area contributed by atoms with Crippen LogP contribution in [0, 0.1) is 0 Å². The van der Waals surface area contributed by atoms with Gasteiger partial charge in [-0.3, -0.25) is 0 Å². The van der Waals surface area contributed by atoms with E-state index in [1.165, 1.54) is 11.1 Å². The molecular weight excluding hydrogens is 346 g/mol. The van der Waals surface area contributed by atoms with Crippen LogP contribution < -0.4 is 5.32 Å². The van der Waals surface area contributed by atoms with Gasteiger partial charge in [-0.25, -0.2) is 8.42 Å². The maximum absolute atomic E-state index is 11.5. The van der Waals surface area contributed by atoms with Crippen LogP contribution in [0.4, 0.5) is 5.69 Å². The van der Waals surface area contributed by atoms with E-state index in [4.69, 9.17) is 0 Å². The molecule has 0 aliphatic rings. The highest BCUT2D eigenvalue weighted by Crippen LogP contribution is 2.28. The van der Waals surface area contributed by atoms with Crippen LogP contribution in [-0.4, -0.2) is 14.7 Å². The standard InChI is InChI=1S/C13H14BrNO2S2/c1-9(13-6-10(14)8-18-13)15-11-4-3-5-12(7-11)19(2,16)17/h3-9,15H,1-2H3. The Morgan fingerprint density at radius 1 is 1.32 bits per heavy atom. The molecule has 0 aliphatic carbocycles. The molecule has 2 aromatic rings. The van der Waals surface area contributed by atoms with Gasteiger partial charge in [-0.2, -0.15) is 0 Å². The van der Waals surface area contributed by atoms with Crippen LogP contribution in [-0.2, 0) is 9.84 Å². The summed E-state index contributed by atoms with van der Waals surface area (Å²) in [6, 6.07) is 9.07. The molecule has 2 rings (SSSR count). The largest absolute Gasteiger partial charge is 0.378 e. The van der Waals surface area contributed by atoms with Crippen LogP contribution in [0.15, 0.2) is 45.1 Å². The monoisotopic (exact) mass is 359 g/mol. The molecule has 6 heteroatoms. The van der Waals surface area contributed by atoms with Crippen LogP contribution in [0.3, 0.4) is 0 Å². The Balaban J connectivity index is 2.20. The number of nitrogens with one attached hydrogen (secondary N) is 1. The molecule has 0 radical (unpaired) electrons. The molecule has 0 saturated carbocycles. The van der Waals surface area contributed by atoms with Gasteiger partial charge in [-0.05, 0) is 47.1 Å². The number of halogens is 1. The Hall–Kier alpha value is -0.850. The molecule has 3 nitrogen and oxygen atoms in total. The van der Waals surface area contributed by atoms with Gasteiger partial charge in [0.25, 0.3) is 0 Å². The molecule has 1 atom stereocenters. The number of rotatable bonds is 4. The molecule has 1 N–H and O–H groups in total. The van der Waals surface area contributed by atoms with Crippen LogP contribution in [0.25, 0.3) is 0 Å². The second kappa shape index (κ2) is 5.64. The van der Waals surface area contributed by atoms with Gasteiger partial charge >= 0.3 is 0 Å². The molecule has 1 heterocycles. The number of hydrogen-bond donors (Lipinski definition) is 1. The lowest BCUT2D eigenvalue weighted by Gasteiger charge is -2.14. The molecule has 1 unspecified atom stereocenters. The van der Waals surface area contributed by atoms with E-state index in [1.807, 2.05) is 18.4 Å². The van der Waals surface area contributed by atoms with Crippen molar-refractivity contribution in [1.82, 2.24) is 0 Å². The van der Waals surface area contributed by atoms with Crippen molar-refractivity contribution < 1.29 is 8.42 Å². The minimum absolute atomic E-state index is 0.131. The first-order chi connectivity index (χ1) is 8.86. The van der Waals surface area contributed by atoms with Crippen LogP contribution in [0.5, 0.6) is 0 Å². The summed E-state index contributed by atoms with van der Waals surface area (Å²) < 4.78 is 24.1. The third kappa shape index (κ3) is 3.81. The van der Waals surface area contributed by atoms with E-state index in [0.717, 1.165) is 10.2 Å². The lowest BCUT2D eigenvalue weighted by Crippen LogP contribution is -2.06. The average molecular weight is 360 g/mol. The summed E-state index contributed by atoms with van der Waals surface area (Å²) in [7, 11) is -3.17. The summed E-state index contributed by atoms with van der Waals surface area (Å²) in [4.78, 5) is 1.52. The molecular formula is C13H14BrNO2S2. The molecule has 1 aromatic carbocycles. The summed E-state index contributed by atoms with van der Waals surface area (Å²) in [6.07, 6.45) is 1.21. The molecule has 0 aliphatic heterocycles. The summed E-state index contributed by atoms with van der Waals surface area (Å²) in [5, 5.41) is 5.34. The van der Waals surface area contributed by atoms with Gasteiger partial charge in [0.15, 0.2) is 9.84 Å². The summed E-state index contributed by atoms with van der Waals surface area (Å²) >= 11 is 5.09. The van der Waals surface area contributed by atoms with Crippen molar-refractivity contribution in [3.63, 3.8) is 0 Å². The third-order valence-corrected chi connectivity index (χ3v) is 5.65. The van der Waals surface area contributed by atoms with E-state index in [0.29, 0.717) is 4.90 Å². The quantitative estimate of drug-likeness (QED) is 0.893. The van der Waals surface area contributed by atoms with Crippen molar-refractivity contribution in [1.29, 1.82) is 0 Å². The van der Waals surface area contributed by atoms with Crippen LogP contribution in [0.1, 0.15) is 17.8 Å². The van der Waals surface area contributed by atoms with Gasteiger partial charge in [0.05, 0.1) is 10.9 Å². The average Bonchev–Trinajstić information content (AvgIpc) is 2.75. The van der Waals surface area contributed by atoms with E-state index in [9.17, 15) is 8.42 Å². The Morgan fingerprint density at radius 2 is 2.05 bits per heavy atom. The zero-order valence-electron chi connectivity index (χ0n) is 10.6. The topological polar surface area (TPSA) is 46.2 Å². The molecule has 0 spiro atoms. The van der Waals surface area contributed by atoms with Crippen molar-refractivity contribution in [3.8, 4) is 0 Å². The molecule has 102 valence electrons. The minimum Gasteiger partial charge on any atom is -0.378 e. The Kier molecular flexibility index (Phi) is 4.32. The van der Waals surface area contributed by atoms with Crippen LogP contribution >= 0.6 is 27.3 Å². The normalized spacial score (nSPS) is 13.2. The second-order valence-electron chi connectivity index (χ2n) is 4.33. The van der Waals surface area contributed by atoms with Gasteiger partial charge in [0.2, 0.25) is 0 Å². The highest BCUT2D eigenvalue weighted by Gasteiger charge is 2.11. The van der Waals surface area contributed by atoms with E-state index < -0.39 is 9.84 Å². The predicted octanol–water partition coefficient (Wildman–Crippen LogP) is 4.09. The lowest BCUT2D eigenvalue weighted by molar-refractivity contribution is 0.602. The van der Waals surface area contributed by atoms with E-state index in [1.54, 1.807) is 29.5 Å². The fourth-order valence-electron chi connectivity index (χ4n) is 1.69. The number of anilines is 1. The van der Waals surface area contributed by atoms with Crippen molar-refractivity contribution >= 4 is 42.8 Å². The van der Waals surface area contributed by atoms with Gasteiger partial charge in [0, 0.05) is 26.7 Å². The lowest BCUT2D eigenvalue weighted by atomic mass is 10.2. The van der Waals surface area contributed by atoms with Gasteiger partial charge < -0.3 is 5.32 Å². The Labute approximate surface area is 125 Å². The first kappa shape index (κ1) is 14.6. The van der Waals surface area contributed by atoms with Crippen molar-refractivity contribution in [2.75, 3.05) is 11.6 Å². The SMILES string of the molecule is CC(Nc1cccc(S(C)(=O)=O)c1)c1cc(Br)cs1. The number of sulfone groups is 1. The van der Waals surface area contributed by atoms with Crippen molar-refractivity contribution in [2.24, 2.45) is 0 Å². The van der Waals surface area contributed by atoms with Gasteiger partial charge in [-0.1, -0.05) is 6.07 Å². The molecule has 0 bridgehead atoms. The van der Waals surface area contributed by atoms with E-state index in [2.05, 4.69) is 27.3 Å². The van der Waals surface area contributed by atoms with E-state index in [-0.39, 0.29) is 6.04 Å². The van der Waals surface area contributed by atoms with Gasteiger partial charge in [-0.15, -0.1) is 11.3 Å². The maximum Gasteiger partial charge on any atom is 0.175 e. The van der Waals surface area contributed by atoms with Crippen molar-refractivity contribution in [3.05, 3.63) is 45.1 Å². The Morgan fingerprint density at radius 3 is 2.63 bits per heavy atom. The number of benzene rings is 1. The molecule has 1 aromatic heterocycles. The number of thiophene rings is 1. The van der Waals surface area contributed by atoms with Gasteiger partial charge in [0.1, 0.15) is 0 Å². The molecule has 0 fully saturated rings. The third-order valence-electron chi connectivity index (χ3n) is 2.66. The highest BCUT2D eigenvalue weighted by atomic mass is 79.9. The molecule has 0 saturated heterocycles. The first-order valence-corrected chi connectivity index (χ1v) is 9.23. The maximum atomic E-state index is 11.5. The van der Waals surface area contributed by atoms with E-state index >= 15 is 0 Å².